The molecular weight excluding hydrogens is 331 g/mol. The van der Waals surface area contributed by atoms with Crippen molar-refractivity contribution in [2.24, 2.45) is 0 Å². The van der Waals surface area contributed by atoms with Gasteiger partial charge in [-0.2, -0.15) is 10.5 Å². The summed E-state index contributed by atoms with van der Waals surface area (Å²) in [5, 5.41) is 18.3. The molecule has 0 spiro atoms. The number of nitriles is 2. The van der Waals surface area contributed by atoms with Crippen molar-refractivity contribution in [2.45, 2.75) is 4.90 Å². The monoisotopic (exact) mass is 340 g/mol. The van der Waals surface area contributed by atoms with Gasteiger partial charge in [0.1, 0.15) is 23.5 Å². The van der Waals surface area contributed by atoms with E-state index in [9.17, 15) is 4.39 Å². The van der Waals surface area contributed by atoms with Gasteiger partial charge in [-0.3, -0.25) is 0 Å². The molecule has 0 amide bonds. The molecule has 5 heteroatoms. The van der Waals surface area contributed by atoms with E-state index in [0.29, 0.717) is 5.02 Å². The van der Waals surface area contributed by atoms with Crippen LogP contribution in [0.4, 0.5) is 4.39 Å². The molecule has 0 N–H and O–H groups in total. The maximum atomic E-state index is 13.1. The molecule has 0 saturated carbocycles. The minimum Gasteiger partial charge on any atom is -0.207 e. The van der Waals surface area contributed by atoms with Crippen LogP contribution in [0.1, 0.15) is 5.56 Å². The summed E-state index contributed by atoms with van der Waals surface area (Å²) in [5.41, 5.74) is 0.791. The number of hydrogen-bond acceptors (Lipinski definition) is 3. The summed E-state index contributed by atoms with van der Waals surface area (Å²) in [7, 11) is 0. The van der Waals surface area contributed by atoms with Crippen molar-refractivity contribution < 1.29 is 4.39 Å². The molecule has 0 aliphatic heterocycles. The molecule has 0 fully saturated rings. The fraction of sp³-hybridized carbons (Fsp3) is 0. The second-order valence-corrected chi connectivity index (χ2v) is 5.95. The molecule has 0 unspecified atom stereocenters. The first-order valence-corrected chi connectivity index (χ1v) is 7.73. The molecule has 0 radical (unpaired) electrons. The smallest absolute Gasteiger partial charge is 0.129 e. The van der Waals surface area contributed by atoms with Crippen molar-refractivity contribution in [3.8, 4) is 12.1 Å². The Hall–Kier alpha value is -2.53. The standard InChI is InChI=1S/C18H10ClFN2S/c19-15-4-8-17(9-5-15)23-18(10-1-13(11-21)12-22)14-2-6-16(20)7-3-14/h1-10H/b18-10-. The Labute approximate surface area is 143 Å². The molecule has 112 valence electrons. The normalized spacial score (nSPS) is 10.5. The molecule has 0 aromatic heterocycles. The molecule has 0 bridgehead atoms. The van der Waals surface area contributed by atoms with Crippen molar-refractivity contribution >= 4 is 28.3 Å². The summed E-state index contributed by atoms with van der Waals surface area (Å²) in [5.74, 6) is -0.324. The van der Waals surface area contributed by atoms with E-state index >= 15 is 0 Å². The van der Waals surface area contributed by atoms with Crippen molar-refractivity contribution in [3.63, 3.8) is 0 Å². The van der Waals surface area contributed by atoms with E-state index in [2.05, 4.69) is 0 Å². The molecule has 23 heavy (non-hydrogen) atoms. The van der Waals surface area contributed by atoms with Gasteiger partial charge in [0.15, 0.2) is 0 Å². The molecule has 2 nitrogen and oxygen atoms in total. The lowest BCUT2D eigenvalue weighted by Gasteiger charge is -2.07. The molecule has 0 atom stereocenters. The summed E-state index contributed by atoms with van der Waals surface area (Å²) < 4.78 is 13.1. The lowest BCUT2D eigenvalue weighted by atomic mass is 10.2. The van der Waals surface area contributed by atoms with Gasteiger partial charge in [0, 0.05) is 14.8 Å². The van der Waals surface area contributed by atoms with Crippen LogP contribution in [-0.4, -0.2) is 0 Å². The average molecular weight is 341 g/mol. The zero-order chi connectivity index (χ0) is 16.7. The molecule has 0 aliphatic rings. The van der Waals surface area contributed by atoms with Gasteiger partial charge >= 0.3 is 0 Å². The zero-order valence-corrected chi connectivity index (χ0v) is 13.4. The second kappa shape index (κ2) is 8.19. The lowest BCUT2D eigenvalue weighted by molar-refractivity contribution is 0.628. The van der Waals surface area contributed by atoms with Gasteiger partial charge in [0.25, 0.3) is 0 Å². The van der Waals surface area contributed by atoms with E-state index in [-0.39, 0.29) is 11.4 Å². The summed E-state index contributed by atoms with van der Waals surface area (Å²) in [6, 6.07) is 16.9. The van der Waals surface area contributed by atoms with Crippen LogP contribution in [0.3, 0.4) is 0 Å². The number of thioether (sulfide) groups is 1. The van der Waals surface area contributed by atoms with Gasteiger partial charge in [-0.05, 0) is 54.1 Å². The molecular formula is C18H10ClFN2S. The topological polar surface area (TPSA) is 47.6 Å². The van der Waals surface area contributed by atoms with Crippen molar-refractivity contribution in [1.82, 2.24) is 0 Å². The Morgan fingerprint density at radius 2 is 1.57 bits per heavy atom. The van der Waals surface area contributed by atoms with Crippen molar-refractivity contribution in [2.75, 3.05) is 0 Å². The average Bonchev–Trinajstić information content (AvgIpc) is 2.57. The van der Waals surface area contributed by atoms with E-state index in [4.69, 9.17) is 22.1 Å². The Morgan fingerprint density at radius 1 is 0.957 bits per heavy atom. The first kappa shape index (κ1) is 16.8. The van der Waals surface area contributed by atoms with Crippen LogP contribution in [0.2, 0.25) is 5.02 Å². The van der Waals surface area contributed by atoms with E-state index in [1.54, 1.807) is 30.3 Å². The van der Waals surface area contributed by atoms with Crippen molar-refractivity contribution in [3.05, 3.63) is 82.7 Å². The second-order valence-electron chi connectivity index (χ2n) is 4.40. The first-order chi connectivity index (χ1) is 11.1. The fourth-order valence-corrected chi connectivity index (χ4v) is 2.73. The highest BCUT2D eigenvalue weighted by atomic mass is 35.5. The third-order valence-electron chi connectivity index (χ3n) is 2.81. The van der Waals surface area contributed by atoms with Crippen molar-refractivity contribution in [1.29, 1.82) is 10.5 Å². The third-order valence-corrected chi connectivity index (χ3v) is 4.16. The number of hydrogen-bond donors (Lipinski definition) is 0. The summed E-state index contributed by atoms with van der Waals surface area (Å²) >= 11 is 7.31. The fourth-order valence-electron chi connectivity index (χ4n) is 1.69. The van der Waals surface area contributed by atoms with Gasteiger partial charge < -0.3 is 0 Å². The van der Waals surface area contributed by atoms with Crippen LogP contribution < -0.4 is 0 Å². The van der Waals surface area contributed by atoms with Gasteiger partial charge in [-0.15, -0.1) is 0 Å². The maximum absolute atomic E-state index is 13.1. The largest absolute Gasteiger partial charge is 0.207 e. The van der Waals surface area contributed by atoms with Gasteiger partial charge in [-0.25, -0.2) is 4.39 Å². The Morgan fingerprint density at radius 3 is 2.13 bits per heavy atom. The highest BCUT2D eigenvalue weighted by Crippen LogP contribution is 2.35. The van der Waals surface area contributed by atoms with Crippen LogP contribution in [0.15, 0.2) is 71.2 Å². The number of nitrogens with zero attached hydrogens (tertiary/aromatic N) is 2. The molecule has 2 rings (SSSR count). The molecule has 0 aliphatic carbocycles. The van der Waals surface area contributed by atoms with Gasteiger partial charge in [-0.1, -0.05) is 35.5 Å². The maximum Gasteiger partial charge on any atom is 0.129 e. The molecule has 0 heterocycles. The lowest BCUT2D eigenvalue weighted by Crippen LogP contribution is -1.83. The summed E-state index contributed by atoms with van der Waals surface area (Å²) in [6.07, 6.45) is 3.12. The number of rotatable bonds is 4. The molecule has 0 saturated heterocycles. The third kappa shape index (κ3) is 5.00. The molecule has 2 aromatic carbocycles. The van der Waals surface area contributed by atoms with Crippen LogP contribution in [-0.2, 0) is 0 Å². The minimum atomic E-state index is -0.324. The summed E-state index contributed by atoms with van der Waals surface area (Å²) in [4.78, 5) is 1.73. The zero-order valence-electron chi connectivity index (χ0n) is 11.8. The van der Waals surface area contributed by atoms with Crippen LogP contribution in [0.25, 0.3) is 4.91 Å². The van der Waals surface area contributed by atoms with Crippen LogP contribution in [0, 0.1) is 28.5 Å². The van der Waals surface area contributed by atoms with E-state index < -0.39 is 0 Å². The Bertz CT molecular complexity index is 809. The Kier molecular flexibility index (Phi) is 6.00. The molecule has 2 aromatic rings. The van der Waals surface area contributed by atoms with E-state index in [0.717, 1.165) is 15.4 Å². The van der Waals surface area contributed by atoms with Crippen LogP contribution in [0.5, 0.6) is 0 Å². The number of halogens is 2. The quantitative estimate of drug-likeness (QED) is 0.414. The highest BCUT2D eigenvalue weighted by Gasteiger charge is 2.05. The predicted molar refractivity (Wildman–Crippen MR) is 91.0 cm³/mol. The Balaban J connectivity index is 2.39. The highest BCUT2D eigenvalue weighted by molar-refractivity contribution is 8.08. The van der Waals surface area contributed by atoms with Gasteiger partial charge in [0.05, 0.1) is 0 Å². The number of allylic oxidation sites excluding steroid dienone is 3. The minimum absolute atomic E-state index is 0.00122. The summed E-state index contributed by atoms with van der Waals surface area (Å²) in [6.45, 7) is 0. The SMILES string of the molecule is N#CC(C#N)=C/C=C(\Sc1ccc(Cl)cc1)c1ccc(F)cc1. The first-order valence-electron chi connectivity index (χ1n) is 6.54. The predicted octanol–water partition coefficient (Wildman–Crippen LogP) is 5.59. The van der Waals surface area contributed by atoms with E-state index in [1.165, 1.54) is 30.0 Å². The van der Waals surface area contributed by atoms with E-state index in [1.807, 2.05) is 24.3 Å². The van der Waals surface area contributed by atoms with Crippen LogP contribution >= 0.6 is 23.4 Å². The van der Waals surface area contributed by atoms with Gasteiger partial charge in [0.2, 0.25) is 0 Å². The number of benzene rings is 2.